The SMILES string of the molecule is NCc1ccc(S(=O)(=O)NCCC2CC2)s1. The average Bonchev–Trinajstić information content (AvgIpc) is 2.93. The summed E-state index contributed by atoms with van der Waals surface area (Å²) in [4.78, 5) is 0.891. The molecule has 3 N–H and O–H groups in total. The van der Waals surface area contributed by atoms with E-state index in [1.54, 1.807) is 12.1 Å². The van der Waals surface area contributed by atoms with Gasteiger partial charge in [0.05, 0.1) is 0 Å². The summed E-state index contributed by atoms with van der Waals surface area (Å²) in [7, 11) is -3.30. The van der Waals surface area contributed by atoms with Gasteiger partial charge in [0.2, 0.25) is 10.0 Å². The van der Waals surface area contributed by atoms with Crippen LogP contribution in [0.15, 0.2) is 16.3 Å². The molecule has 1 aromatic rings. The highest BCUT2D eigenvalue weighted by molar-refractivity contribution is 7.91. The summed E-state index contributed by atoms with van der Waals surface area (Å²) in [6, 6.07) is 3.38. The maximum Gasteiger partial charge on any atom is 0.250 e. The van der Waals surface area contributed by atoms with E-state index in [9.17, 15) is 8.42 Å². The fourth-order valence-corrected chi connectivity index (χ4v) is 3.81. The van der Waals surface area contributed by atoms with Gasteiger partial charge in [-0.1, -0.05) is 12.8 Å². The minimum atomic E-state index is -3.30. The van der Waals surface area contributed by atoms with Gasteiger partial charge in [0.1, 0.15) is 4.21 Å². The van der Waals surface area contributed by atoms with E-state index in [1.165, 1.54) is 24.2 Å². The Hall–Kier alpha value is -0.430. The number of rotatable bonds is 6. The maximum absolute atomic E-state index is 11.8. The molecule has 0 radical (unpaired) electrons. The lowest BCUT2D eigenvalue weighted by molar-refractivity contribution is 0.577. The van der Waals surface area contributed by atoms with Crippen LogP contribution >= 0.6 is 11.3 Å². The minimum Gasteiger partial charge on any atom is -0.326 e. The topological polar surface area (TPSA) is 72.2 Å². The van der Waals surface area contributed by atoms with Crippen molar-refractivity contribution in [3.8, 4) is 0 Å². The summed E-state index contributed by atoms with van der Waals surface area (Å²) in [5.74, 6) is 0.741. The molecule has 16 heavy (non-hydrogen) atoms. The van der Waals surface area contributed by atoms with E-state index in [4.69, 9.17) is 5.73 Å². The minimum absolute atomic E-state index is 0.365. The highest BCUT2D eigenvalue weighted by Crippen LogP contribution is 2.32. The molecule has 0 atom stereocenters. The maximum atomic E-state index is 11.8. The van der Waals surface area contributed by atoms with Gasteiger partial charge in [-0.25, -0.2) is 13.1 Å². The summed E-state index contributed by atoms with van der Waals surface area (Å²) in [5.41, 5.74) is 5.45. The molecule has 0 spiro atoms. The standard InChI is InChI=1S/C10H16N2O2S2/c11-7-9-3-4-10(15-9)16(13,14)12-6-5-8-1-2-8/h3-4,8,12H,1-2,5-7,11H2. The van der Waals surface area contributed by atoms with E-state index in [0.29, 0.717) is 17.3 Å². The zero-order chi connectivity index (χ0) is 11.6. The molecule has 6 heteroatoms. The van der Waals surface area contributed by atoms with Gasteiger partial charge >= 0.3 is 0 Å². The molecule has 1 aromatic heterocycles. The van der Waals surface area contributed by atoms with Gasteiger partial charge in [0, 0.05) is 18.0 Å². The Bertz CT molecular complexity index is 449. The first-order valence-electron chi connectivity index (χ1n) is 5.40. The van der Waals surface area contributed by atoms with E-state index >= 15 is 0 Å². The molecule has 0 bridgehead atoms. The number of thiophene rings is 1. The van der Waals surface area contributed by atoms with Crippen LogP contribution in [-0.2, 0) is 16.6 Å². The Morgan fingerprint density at radius 2 is 2.19 bits per heavy atom. The number of sulfonamides is 1. The van der Waals surface area contributed by atoms with Gasteiger partial charge < -0.3 is 5.73 Å². The Labute approximate surface area is 99.9 Å². The molecule has 0 amide bonds. The summed E-state index contributed by atoms with van der Waals surface area (Å²) in [6.07, 6.45) is 3.45. The quantitative estimate of drug-likeness (QED) is 0.809. The normalized spacial score (nSPS) is 16.6. The molecule has 1 heterocycles. The van der Waals surface area contributed by atoms with Crippen molar-refractivity contribution in [1.29, 1.82) is 0 Å². The van der Waals surface area contributed by atoms with Crippen molar-refractivity contribution >= 4 is 21.4 Å². The smallest absolute Gasteiger partial charge is 0.250 e. The van der Waals surface area contributed by atoms with Crippen LogP contribution < -0.4 is 10.5 Å². The number of nitrogens with one attached hydrogen (secondary N) is 1. The van der Waals surface area contributed by atoms with E-state index < -0.39 is 10.0 Å². The van der Waals surface area contributed by atoms with Gasteiger partial charge in [-0.15, -0.1) is 11.3 Å². The third kappa shape index (κ3) is 3.04. The Kier molecular flexibility index (Phi) is 3.63. The summed E-state index contributed by atoms with van der Waals surface area (Å²) in [5, 5.41) is 0. The number of hydrogen-bond donors (Lipinski definition) is 2. The Morgan fingerprint density at radius 3 is 2.75 bits per heavy atom. The van der Waals surface area contributed by atoms with Crippen molar-refractivity contribution in [2.75, 3.05) is 6.54 Å². The first-order chi connectivity index (χ1) is 7.62. The van der Waals surface area contributed by atoms with Crippen molar-refractivity contribution in [2.24, 2.45) is 11.7 Å². The van der Waals surface area contributed by atoms with Crippen LogP contribution in [0.5, 0.6) is 0 Å². The summed E-state index contributed by atoms with van der Waals surface area (Å²) >= 11 is 1.24. The zero-order valence-corrected chi connectivity index (χ0v) is 10.6. The van der Waals surface area contributed by atoms with Crippen LogP contribution in [-0.4, -0.2) is 15.0 Å². The summed E-state index contributed by atoms with van der Waals surface area (Å²) in [6.45, 7) is 0.936. The van der Waals surface area contributed by atoms with Crippen LogP contribution in [0.1, 0.15) is 24.1 Å². The monoisotopic (exact) mass is 260 g/mol. The number of hydrogen-bond acceptors (Lipinski definition) is 4. The lowest BCUT2D eigenvalue weighted by Gasteiger charge is -2.03. The Balaban J connectivity index is 1.94. The van der Waals surface area contributed by atoms with E-state index in [1.807, 2.05) is 0 Å². The van der Waals surface area contributed by atoms with Crippen molar-refractivity contribution in [3.63, 3.8) is 0 Å². The van der Waals surface area contributed by atoms with Crippen LogP contribution in [0.25, 0.3) is 0 Å². The average molecular weight is 260 g/mol. The van der Waals surface area contributed by atoms with E-state index in [-0.39, 0.29) is 0 Å². The highest BCUT2D eigenvalue weighted by Gasteiger charge is 2.22. The van der Waals surface area contributed by atoms with Crippen molar-refractivity contribution in [2.45, 2.75) is 30.0 Å². The van der Waals surface area contributed by atoms with E-state index in [0.717, 1.165) is 17.2 Å². The van der Waals surface area contributed by atoms with Gasteiger partial charge in [-0.05, 0) is 24.5 Å². The lowest BCUT2D eigenvalue weighted by Crippen LogP contribution is -2.24. The molecule has 2 rings (SSSR count). The van der Waals surface area contributed by atoms with Crippen LogP contribution in [0.3, 0.4) is 0 Å². The van der Waals surface area contributed by atoms with Gasteiger partial charge in [0.15, 0.2) is 0 Å². The molecule has 90 valence electrons. The second-order valence-corrected chi connectivity index (χ2v) is 7.22. The van der Waals surface area contributed by atoms with Gasteiger partial charge in [-0.3, -0.25) is 0 Å². The lowest BCUT2D eigenvalue weighted by atomic mass is 10.3. The molecule has 1 fully saturated rings. The third-order valence-corrected chi connectivity index (χ3v) is 5.71. The molecular weight excluding hydrogens is 244 g/mol. The molecule has 0 unspecified atom stereocenters. The molecule has 0 aromatic carbocycles. The van der Waals surface area contributed by atoms with E-state index in [2.05, 4.69) is 4.72 Å². The molecule has 0 saturated heterocycles. The predicted molar refractivity (Wildman–Crippen MR) is 64.7 cm³/mol. The fraction of sp³-hybridized carbons (Fsp3) is 0.600. The molecule has 1 aliphatic carbocycles. The third-order valence-electron chi connectivity index (χ3n) is 2.64. The molecule has 0 aliphatic heterocycles. The Morgan fingerprint density at radius 1 is 1.44 bits per heavy atom. The largest absolute Gasteiger partial charge is 0.326 e. The second-order valence-electron chi connectivity index (χ2n) is 4.05. The second kappa shape index (κ2) is 4.83. The number of nitrogens with two attached hydrogens (primary N) is 1. The zero-order valence-electron chi connectivity index (χ0n) is 8.98. The predicted octanol–water partition coefficient (Wildman–Crippen LogP) is 1.29. The van der Waals surface area contributed by atoms with Crippen LogP contribution in [0.4, 0.5) is 0 Å². The van der Waals surface area contributed by atoms with Gasteiger partial charge in [-0.2, -0.15) is 0 Å². The van der Waals surface area contributed by atoms with Crippen molar-refractivity contribution in [1.82, 2.24) is 4.72 Å². The van der Waals surface area contributed by atoms with Crippen molar-refractivity contribution < 1.29 is 8.42 Å². The molecule has 1 aliphatic rings. The van der Waals surface area contributed by atoms with Crippen LogP contribution in [0, 0.1) is 5.92 Å². The molecule has 1 saturated carbocycles. The highest BCUT2D eigenvalue weighted by atomic mass is 32.2. The summed E-state index contributed by atoms with van der Waals surface area (Å²) < 4.78 is 26.6. The fourth-order valence-electron chi connectivity index (χ4n) is 1.49. The van der Waals surface area contributed by atoms with Gasteiger partial charge in [0.25, 0.3) is 0 Å². The van der Waals surface area contributed by atoms with Crippen LogP contribution in [0.2, 0.25) is 0 Å². The first kappa shape index (κ1) is 12.0. The first-order valence-corrected chi connectivity index (χ1v) is 7.70. The van der Waals surface area contributed by atoms with Crippen molar-refractivity contribution in [3.05, 3.63) is 17.0 Å². The molecule has 4 nitrogen and oxygen atoms in total. The molecular formula is C10H16N2O2S2.